The Kier molecular flexibility index (Phi) is 4.73. The van der Waals surface area contributed by atoms with Gasteiger partial charge in [0.2, 0.25) is 0 Å². The Labute approximate surface area is 151 Å². The monoisotopic (exact) mass is 379 g/mol. The Hall–Kier alpha value is -2.81. The zero-order valence-electron chi connectivity index (χ0n) is 14.0. The molecule has 0 aromatic heterocycles. The van der Waals surface area contributed by atoms with E-state index >= 15 is 0 Å². The molecule has 9 heteroatoms. The molecule has 26 heavy (non-hydrogen) atoms. The summed E-state index contributed by atoms with van der Waals surface area (Å²) in [6.45, 7) is 0.205. The molecule has 0 spiro atoms. The first kappa shape index (κ1) is 18.0. The van der Waals surface area contributed by atoms with Crippen molar-refractivity contribution < 1.29 is 22.7 Å². The van der Waals surface area contributed by atoms with Crippen LogP contribution in [0.4, 0.5) is 26.2 Å². The van der Waals surface area contributed by atoms with Gasteiger partial charge in [-0.25, -0.2) is 13.5 Å². The molecule has 0 bridgehead atoms. The molecular weight excluding hydrogens is 361 g/mol. The number of amides is 1. The number of anilines is 3. The molecule has 0 saturated heterocycles. The lowest BCUT2D eigenvalue weighted by atomic mass is 10.2. The zero-order valence-corrected chi connectivity index (χ0v) is 14.9. The fraction of sp³-hybridized carbons (Fsp3) is 0.235. The first-order valence-corrected chi connectivity index (χ1v) is 9.33. The topological polar surface area (TPSA) is 81.2 Å². The van der Waals surface area contributed by atoms with Crippen LogP contribution in [0.3, 0.4) is 0 Å². The Balaban J connectivity index is 1.95. The lowest BCUT2D eigenvalue weighted by Gasteiger charge is -2.22. The maximum Gasteiger partial charge on any atom is 0.407 e. The number of fused-ring (bicyclic) bond motifs is 1. The van der Waals surface area contributed by atoms with Gasteiger partial charge in [-0.2, -0.15) is 8.42 Å². The number of carboxylic acid groups (broad SMARTS) is 1. The van der Waals surface area contributed by atoms with Crippen molar-refractivity contribution in [2.24, 2.45) is 0 Å². The van der Waals surface area contributed by atoms with Crippen LogP contribution in [0.5, 0.6) is 0 Å². The van der Waals surface area contributed by atoms with Crippen molar-refractivity contribution in [3.8, 4) is 0 Å². The fourth-order valence-electron chi connectivity index (χ4n) is 2.83. The van der Waals surface area contributed by atoms with E-state index in [1.165, 1.54) is 29.6 Å². The van der Waals surface area contributed by atoms with E-state index in [1.807, 2.05) is 0 Å². The third-order valence-corrected chi connectivity index (χ3v) is 5.91. The normalized spacial score (nSPS) is 15.0. The number of benzene rings is 2. The van der Waals surface area contributed by atoms with Gasteiger partial charge in [0.25, 0.3) is 0 Å². The maximum atomic E-state index is 13.7. The molecule has 1 aliphatic heterocycles. The second-order valence-electron chi connectivity index (χ2n) is 5.87. The third-order valence-electron chi connectivity index (χ3n) is 4.11. The molecule has 1 N–H and O–H groups in total. The Morgan fingerprint density at radius 2 is 1.85 bits per heavy atom. The van der Waals surface area contributed by atoms with E-state index in [1.54, 1.807) is 30.3 Å². The zero-order chi connectivity index (χ0) is 18.9. The molecule has 1 aliphatic rings. The quantitative estimate of drug-likeness (QED) is 0.866. The van der Waals surface area contributed by atoms with E-state index in [4.69, 9.17) is 5.11 Å². The van der Waals surface area contributed by atoms with Crippen LogP contribution in [0, 0.1) is 5.82 Å². The summed E-state index contributed by atoms with van der Waals surface area (Å²) in [5.74, 6) is -0.540. The van der Waals surface area contributed by atoms with E-state index < -0.39 is 22.1 Å². The van der Waals surface area contributed by atoms with Crippen molar-refractivity contribution in [3.63, 3.8) is 0 Å². The Morgan fingerprint density at radius 1 is 1.15 bits per heavy atom. The summed E-state index contributed by atoms with van der Waals surface area (Å²) < 4.78 is 42.2. The van der Waals surface area contributed by atoms with E-state index in [-0.39, 0.29) is 25.2 Å². The highest BCUT2D eigenvalue weighted by molar-refractivity contribution is 7.95. The number of carbonyl (C=O) groups is 1. The van der Waals surface area contributed by atoms with Crippen molar-refractivity contribution in [1.29, 1.82) is 0 Å². The molecule has 0 fully saturated rings. The number of halogens is 1. The van der Waals surface area contributed by atoms with Crippen molar-refractivity contribution in [2.45, 2.75) is 6.42 Å². The van der Waals surface area contributed by atoms with E-state index in [9.17, 15) is 17.6 Å². The number of hydrogen-bond acceptors (Lipinski definition) is 3. The predicted octanol–water partition coefficient (Wildman–Crippen LogP) is 3.03. The van der Waals surface area contributed by atoms with Crippen LogP contribution in [0.2, 0.25) is 0 Å². The molecule has 0 aliphatic carbocycles. The summed E-state index contributed by atoms with van der Waals surface area (Å²) in [4.78, 5) is 11.9. The minimum Gasteiger partial charge on any atom is -0.465 e. The Morgan fingerprint density at radius 3 is 2.50 bits per heavy atom. The van der Waals surface area contributed by atoms with Crippen molar-refractivity contribution in [3.05, 3.63) is 54.3 Å². The van der Waals surface area contributed by atoms with Crippen molar-refractivity contribution >= 4 is 33.4 Å². The number of hydrogen-bond donors (Lipinski definition) is 1. The van der Waals surface area contributed by atoms with E-state index in [0.29, 0.717) is 11.4 Å². The molecule has 138 valence electrons. The van der Waals surface area contributed by atoms with Gasteiger partial charge in [-0.15, -0.1) is 0 Å². The van der Waals surface area contributed by atoms with E-state index in [2.05, 4.69) is 0 Å². The van der Waals surface area contributed by atoms with Gasteiger partial charge in [0.05, 0.1) is 17.1 Å². The molecule has 0 radical (unpaired) electrons. The van der Waals surface area contributed by atoms with Crippen LogP contribution in [0.25, 0.3) is 0 Å². The van der Waals surface area contributed by atoms with Gasteiger partial charge >= 0.3 is 16.3 Å². The second kappa shape index (κ2) is 6.83. The van der Waals surface area contributed by atoms with Crippen molar-refractivity contribution in [1.82, 2.24) is 4.90 Å². The summed E-state index contributed by atoms with van der Waals surface area (Å²) >= 11 is 0. The Bertz CT molecular complexity index is 921. The van der Waals surface area contributed by atoms with Crippen LogP contribution in [-0.4, -0.2) is 44.7 Å². The van der Waals surface area contributed by atoms with Gasteiger partial charge in [0, 0.05) is 26.2 Å². The largest absolute Gasteiger partial charge is 0.465 e. The SMILES string of the molecule is CN(CCCN1c2cc(F)ccc2N(c2ccccc2)S1(=O)=O)C(=O)O. The molecule has 0 atom stereocenters. The first-order valence-electron chi connectivity index (χ1n) is 7.94. The summed E-state index contributed by atoms with van der Waals surface area (Å²) in [5, 5.41) is 8.90. The van der Waals surface area contributed by atoms with Crippen LogP contribution in [0.1, 0.15) is 6.42 Å². The van der Waals surface area contributed by atoms with Crippen LogP contribution in [0.15, 0.2) is 48.5 Å². The highest BCUT2D eigenvalue weighted by Gasteiger charge is 2.41. The number of rotatable bonds is 5. The number of para-hydroxylation sites is 1. The molecule has 3 rings (SSSR count). The van der Waals surface area contributed by atoms with Crippen LogP contribution >= 0.6 is 0 Å². The smallest absolute Gasteiger partial charge is 0.407 e. The summed E-state index contributed by atoms with van der Waals surface area (Å²) in [5.41, 5.74) is 1.06. The molecule has 1 amide bonds. The lowest BCUT2D eigenvalue weighted by Crippen LogP contribution is -2.37. The average molecular weight is 379 g/mol. The maximum absolute atomic E-state index is 13.7. The van der Waals surface area contributed by atoms with E-state index in [0.717, 1.165) is 9.21 Å². The van der Waals surface area contributed by atoms with Gasteiger partial charge in [0.1, 0.15) is 5.82 Å². The van der Waals surface area contributed by atoms with Crippen LogP contribution in [-0.2, 0) is 10.2 Å². The molecular formula is C17H18FN3O4S. The molecule has 7 nitrogen and oxygen atoms in total. The molecule has 2 aromatic carbocycles. The van der Waals surface area contributed by atoms with Gasteiger partial charge in [0.15, 0.2) is 0 Å². The molecule has 0 unspecified atom stereocenters. The first-order chi connectivity index (χ1) is 12.3. The third kappa shape index (κ3) is 3.17. The number of nitrogens with zero attached hydrogens (tertiary/aromatic N) is 3. The molecule has 0 saturated carbocycles. The highest BCUT2D eigenvalue weighted by Crippen LogP contribution is 2.45. The van der Waals surface area contributed by atoms with Gasteiger partial charge in [-0.1, -0.05) is 18.2 Å². The minimum atomic E-state index is -3.94. The average Bonchev–Trinajstić information content (AvgIpc) is 2.81. The highest BCUT2D eigenvalue weighted by atomic mass is 32.2. The second-order valence-corrected chi connectivity index (χ2v) is 7.57. The van der Waals surface area contributed by atoms with Crippen LogP contribution < -0.4 is 8.61 Å². The van der Waals surface area contributed by atoms with Crippen molar-refractivity contribution in [2.75, 3.05) is 28.7 Å². The van der Waals surface area contributed by atoms with Gasteiger partial charge in [-0.3, -0.25) is 4.31 Å². The molecule has 2 aromatic rings. The predicted molar refractivity (Wildman–Crippen MR) is 96.5 cm³/mol. The fourth-order valence-corrected chi connectivity index (χ4v) is 4.58. The van der Waals surface area contributed by atoms with Gasteiger partial charge < -0.3 is 10.0 Å². The molecule has 1 heterocycles. The standard InChI is InChI=1S/C17H18FN3O4S/c1-19(17(22)23)10-5-11-20-16-12-13(18)8-9-15(16)21(26(20,24)25)14-6-3-2-4-7-14/h2-4,6-9,12H,5,10-11H2,1H3,(H,22,23). The van der Waals surface area contributed by atoms with Gasteiger partial charge in [-0.05, 0) is 30.7 Å². The lowest BCUT2D eigenvalue weighted by molar-refractivity contribution is 0.156. The summed E-state index contributed by atoms with van der Waals surface area (Å²) in [6.07, 6.45) is -0.813. The minimum absolute atomic E-state index is 0.0414. The summed E-state index contributed by atoms with van der Waals surface area (Å²) in [6, 6.07) is 12.4. The summed E-state index contributed by atoms with van der Waals surface area (Å²) in [7, 11) is -2.53.